The number of nitrogens with one attached hydrogen (secondary N) is 2. The van der Waals surface area contributed by atoms with Crippen LogP contribution >= 0.6 is 0 Å². The van der Waals surface area contributed by atoms with Gasteiger partial charge in [-0.1, -0.05) is 12.1 Å². The molecule has 3 heterocycles. The first-order chi connectivity index (χ1) is 19.8. The number of aryl methyl sites for hydroxylation is 1. The van der Waals surface area contributed by atoms with Gasteiger partial charge >= 0.3 is 6.18 Å². The van der Waals surface area contributed by atoms with E-state index < -0.39 is 48.3 Å². The largest absolute Gasteiger partial charge is 0.389 e. The van der Waals surface area contributed by atoms with Gasteiger partial charge in [0.05, 0.1) is 30.2 Å². The zero-order valence-electron chi connectivity index (χ0n) is 23.1. The summed E-state index contributed by atoms with van der Waals surface area (Å²) in [6, 6.07) is 0.578. The Morgan fingerprint density at radius 1 is 1.10 bits per heavy atom. The highest BCUT2D eigenvalue weighted by atomic mass is 19.4. The van der Waals surface area contributed by atoms with Crippen LogP contribution in [0.2, 0.25) is 0 Å². The lowest BCUT2D eigenvalue weighted by atomic mass is 9.81. The second kappa shape index (κ2) is 11.6. The first-order valence-corrected chi connectivity index (χ1v) is 14.0. The van der Waals surface area contributed by atoms with Crippen molar-refractivity contribution < 1.29 is 36.2 Å². The monoisotopic (exact) mass is 597 g/mol. The highest BCUT2D eigenvalue weighted by Gasteiger charge is 2.40. The number of alkyl halides is 5. The maximum Gasteiger partial charge on any atom is 0.389 e. The van der Waals surface area contributed by atoms with E-state index in [2.05, 4.69) is 35.7 Å². The Bertz CT molecular complexity index is 1420. The normalized spacial score (nSPS) is 19.8. The third-order valence-electron chi connectivity index (χ3n) is 7.95. The molecule has 0 radical (unpaired) electrons. The van der Waals surface area contributed by atoms with E-state index in [0.717, 1.165) is 12.8 Å². The summed E-state index contributed by atoms with van der Waals surface area (Å²) in [6.45, 7) is 2.95. The minimum atomic E-state index is -4.34. The molecule has 42 heavy (non-hydrogen) atoms. The van der Waals surface area contributed by atoms with Crippen LogP contribution in [-0.4, -0.2) is 48.8 Å². The molecule has 2 N–H and O–H groups in total. The van der Waals surface area contributed by atoms with Crippen molar-refractivity contribution >= 4 is 17.5 Å². The molecular formula is C27H32F5N7O3. The molecular weight excluding hydrogens is 565 g/mol. The van der Waals surface area contributed by atoms with Crippen molar-refractivity contribution in [2.45, 2.75) is 89.4 Å². The number of fused-ring (bicyclic) bond motifs is 1. The standard InChI is InChI=1S/C27H32F5N7O3/c1-14(11-27(30,31)32)9-21(40)35-23(16-3-4-16)18-10-20-34-19(13-39(20)33-12-18)24(17-5-7-26(28,29)8-6-17)36-25(41)22-15(2)37-42-38-22/h10,12-14,16-17,23-24H,3-9,11H2,1-2H3,(H,35,40)(H,36,41)/t14-,23-,24+/m1/s1. The SMILES string of the molecule is Cc1nonc1C(=O)N[C@H](c1cn2ncc([C@H](NC(=O)C[C@@H](C)CC(F)(F)F)C3CC3)cc2n1)C1CCC(F)(F)CC1. The van der Waals surface area contributed by atoms with Crippen molar-refractivity contribution in [1.82, 2.24) is 35.5 Å². The lowest BCUT2D eigenvalue weighted by Gasteiger charge is -2.33. The van der Waals surface area contributed by atoms with Crippen LogP contribution in [0.15, 0.2) is 23.1 Å². The van der Waals surface area contributed by atoms with Gasteiger partial charge < -0.3 is 10.6 Å². The number of carbonyl (C=O) groups is 2. The van der Waals surface area contributed by atoms with E-state index in [1.165, 1.54) is 11.4 Å². The summed E-state index contributed by atoms with van der Waals surface area (Å²) in [5, 5.41) is 17.4. The Kier molecular flexibility index (Phi) is 8.21. The average molecular weight is 598 g/mol. The van der Waals surface area contributed by atoms with Crippen molar-refractivity contribution in [2.75, 3.05) is 0 Å². The van der Waals surface area contributed by atoms with Gasteiger partial charge in [-0.05, 0) is 67.1 Å². The number of nitrogens with zero attached hydrogens (tertiary/aromatic N) is 5. The summed E-state index contributed by atoms with van der Waals surface area (Å²) >= 11 is 0. The van der Waals surface area contributed by atoms with Gasteiger partial charge in [0.2, 0.25) is 11.8 Å². The molecule has 0 bridgehead atoms. The van der Waals surface area contributed by atoms with Crippen molar-refractivity contribution in [3.63, 3.8) is 0 Å². The van der Waals surface area contributed by atoms with Crippen LogP contribution in [0.25, 0.3) is 5.65 Å². The summed E-state index contributed by atoms with van der Waals surface area (Å²) in [6.07, 6.45) is -1.03. The maximum atomic E-state index is 13.9. The van der Waals surface area contributed by atoms with E-state index in [4.69, 9.17) is 0 Å². The molecule has 3 atom stereocenters. The molecule has 2 saturated carbocycles. The molecule has 3 aromatic rings. The summed E-state index contributed by atoms with van der Waals surface area (Å²) in [7, 11) is 0. The summed E-state index contributed by atoms with van der Waals surface area (Å²) in [4.78, 5) is 30.3. The van der Waals surface area contributed by atoms with Crippen LogP contribution in [0.1, 0.15) is 97.8 Å². The molecule has 0 aliphatic heterocycles. The summed E-state index contributed by atoms with van der Waals surface area (Å²) in [5.41, 5.74) is 1.75. The fourth-order valence-electron chi connectivity index (χ4n) is 5.63. The molecule has 2 aliphatic carbocycles. The van der Waals surface area contributed by atoms with Crippen LogP contribution in [-0.2, 0) is 4.79 Å². The molecule has 0 aromatic carbocycles. The van der Waals surface area contributed by atoms with Crippen LogP contribution in [0.5, 0.6) is 0 Å². The van der Waals surface area contributed by atoms with Gasteiger partial charge in [0.15, 0.2) is 11.3 Å². The minimum absolute atomic E-state index is 0.0158. The molecule has 2 fully saturated rings. The van der Waals surface area contributed by atoms with Gasteiger partial charge in [-0.2, -0.15) is 18.3 Å². The quantitative estimate of drug-likeness (QED) is 0.305. The third kappa shape index (κ3) is 7.21. The predicted molar refractivity (Wildman–Crippen MR) is 137 cm³/mol. The highest BCUT2D eigenvalue weighted by molar-refractivity contribution is 5.93. The van der Waals surface area contributed by atoms with Gasteiger partial charge in [-0.3, -0.25) is 9.59 Å². The average Bonchev–Trinajstić information content (AvgIpc) is 3.50. The molecule has 0 spiro atoms. The number of imidazole rings is 1. The van der Waals surface area contributed by atoms with Gasteiger partial charge in [0.25, 0.3) is 5.91 Å². The number of hydrogen-bond acceptors (Lipinski definition) is 7. The molecule has 2 aliphatic rings. The van der Waals surface area contributed by atoms with E-state index in [1.807, 2.05) is 0 Å². The van der Waals surface area contributed by atoms with Crippen LogP contribution < -0.4 is 10.6 Å². The number of aromatic nitrogens is 5. The molecule has 0 unspecified atom stereocenters. The Labute approximate surface area is 237 Å². The lowest BCUT2D eigenvalue weighted by Crippen LogP contribution is -2.37. The second-order valence-electron chi connectivity index (χ2n) is 11.6. The van der Waals surface area contributed by atoms with E-state index in [-0.39, 0.29) is 55.3 Å². The number of hydrogen-bond donors (Lipinski definition) is 2. The smallest absolute Gasteiger partial charge is 0.349 e. The van der Waals surface area contributed by atoms with Crippen molar-refractivity contribution in [2.24, 2.45) is 17.8 Å². The molecule has 228 valence electrons. The topological polar surface area (TPSA) is 127 Å². The van der Waals surface area contributed by atoms with E-state index in [1.54, 1.807) is 25.4 Å². The van der Waals surface area contributed by atoms with Crippen molar-refractivity contribution in [3.05, 3.63) is 41.1 Å². The zero-order valence-corrected chi connectivity index (χ0v) is 23.1. The minimum Gasteiger partial charge on any atom is -0.349 e. The number of rotatable bonds is 10. The van der Waals surface area contributed by atoms with Crippen molar-refractivity contribution in [1.29, 1.82) is 0 Å². The highest BCUT2D eigenvalue weighted by Crippen LogP contribution is 2.43. The Balaban J connectivity index is 1.37. The number of amides is 2. The van der Waals surface area contributed by atoms with E-state index >= 15 is 0 Å². The first-order valence-electron chi connectivity index (χ1n) is 14.0. The fourth-order valence-corrected chi connectivity index (χ4v) is 5.63. The molecule has 15 heteroatoms. The van der Waals surface area contributed by atoms with Gasteiger partial charge in [-0.15, -0.1) is 0 Å². The van der Waals surface area contributed by atoms with Gasteiger partial charge in [0.1, 0.15) is 5.69 Å². The summed E-state index contributed by atoms with van der Waals surface area (Å²) < 4.78 is 72.2. The first kappa shape index (κ1) is 29.8. The van der Waals surface area contributed by atoms with E-state index in [0.29, 0.717) is 16.9 Å². The number of carbonyl (C=O) groups excluding carboxylic acids is 2. The summed E-state index contributed by atoms with van der Waals surface area (Å²) in [5.74, 6) is -4.86. The lowest BCUT2D eigenvalue weighted by molar-refractivity contribution is -0.145. The Morgan fingerprint density at radius 2 is 1.79 bits per heavy atom. The molecule has 0 saturated heterocycles. The second-order valence-corrected chi connectivity index (χ2v) is 11.6. The molecule has 10 nitrogen and oxygen atoms in total. The molecule has 3 aromatic heterocycles. The van der Waals surface area contributed by atoms with Crippen molar-refractivity contribution in [3.8, 4) is 0 Å². The van der Waals surface area contributed by atoms with Crippen LogP contribution in [0.3, 0.4) is 0 Å². The molecule has 5 rings (SSSR count). The van der Waals surface area contributed by atoms with E-state index in [9.17, 15) is 31.5 Å². The van der Waals surface area contributed by atoms with Crippen LogP contribution in [0, 0.1) is 24.7 Å². The van der Waals surface area contributed by atoms with Gasteiger partial charge in [0, 0.05) is 25.7 Å². The fraction of sp³-hybridized carbons (Fsp3) is 0.630. The Morgan fingerprint density at radius 3 is 2.40 bits per heavy atom. The predicted octanol–water partition coefficient (Wildman–Crippen LogP) is 5.26. The van der Waals surface area contributed by atoms with Gasteiger partial charge in [-0.25, -0.2) is 22.9 Å². The third-order valence-corrected chi connectivity index (χ3v) is 7.95. The van der Waals surface area contributed by atoms with Crippen LogP contribution in [0.4, 0.5) is 22.0 Å². The maximum absolute atomic E-state index is 13.9. The number of halogens is 5. The zero-order chi connectivity index (χ0) is 30.2. The Hall–Kier alpha value is -3.65. The molecule has 2 amide bonds.